The van der Waals surface area contributed by atoms with Crippen LogP contribution in [0.15, 0.2) is 114 Å². The van der Waals surface area contributed by atoms with Crippen molar-refractivity contribution in [3.8, 4) is 0 Å². The first-order chi connectivity index (χ1) is 18.1. The van der Waals surface area contributed by atoms with E-state index in [9.17, 15) is 14.0 Å². The fourth-order valence-corrected chi connectivity index (χ4v) is 4.81. The number of rotatable bonds is 6. The number of hydrogen-bond acceptors (Lipinski definition) is 3. The van der Waals surface area contributed by atoms with Crippen molar-refractivity contribution in [1.29, 1.82) is 0 Å². The number of piperazine rings is 1. The highest BCUT2D eigenvalue weighted by Crippen LogP contribution is 2.29. The van der Waals surface area contributed by atoms with Crippen LogP contribution in [0.1, 0.15) is 22.7 Å². The van der Waals surface area contributed by atoms with Crippen LogP contribution in [0.25, 0.3) is 11.8 Å². The summed E-state index contributed by atoms with van der Waals surface area (Å²) in [7, 11) is 0. The monoisotopic (exact) mass is 493 g/mol. The highest BCUT2D eigenvalue weighted by Gasteiger charge is 2.29. The Morgan fingerprint density at radius 2 is 1.30 bits per heavy atom. The lowest BCUT2D eigenvalue weighted by molar-refractivity contribution is -0.127. The Kier molecular flexibility index (Phi) is 7.38. The van der Waals surface area contributed by atoms with Crippen molar-refractivity contribution in [3.63, 3.8) is 0 Å². The van der Waals surface area contributed by atoms with Crippen molar-refractivity contribution in [2.45, 2.75) is 6.04 Å². The zero-order valence-corrected chi connectivity index (χ0v) is 20.4. The first-order valence-corrected chi connectivity index (χ1v) is 12.4. The van der Waals surface area contributed by atoms with E-state index in [2.05, 4.69) is 53.4 Å². The summed E-state index contributed by atoms with van der Waals surface area (Å²) in [5.41, 5.74) is 3.01. The topological polar surface area (TPSA) is 45.6 Å². The third-order valence-electron chi connectivity index (χ3n) is 6.67. The lowest BCUT2D eigenvalue weighted by atomic mass is 9.96. The number of halogens is 1. The molecule has 5 rings (SSSR count). The average Bonchev–Trinajstić information content (AvgIpc) is 2.95. The highest BCUT2D eigenvalue weighted by atomic mass is 19.1. The second-order valence-corrected chi connectivity index (χ2v) is 9.04. The summed E-state index contributed by atoms with van der Waals surface area (Å²) < 4.78 is 14.8. The fourth-order valence-electron chi connectivity index (χ4n) is 4.81. The van der Waals surface area contributed by atoms with Gasteiger partial charge in [0.2, 0.25) is 0 Å². The van der Waals surface area contributed by atoms with Crippen LogP contribution in [0.2, 0.25) is 0 Å². The van der Waals surface area contributed by atoms with Gasteiger partial charge in [0, 0.05) is 38.4 Å². The Hall–Kier alpha value is -4.29. The molecule has 5 nitrogen and oxygen atoms in total. The standard InChI is InChI=1S/C31H28FN3O2/c32-27-16-14-24(15-17-27)23-28(35-18-8-7-13-29(35)36)31(37)34-21-19-33(20-22-34)30(25-9-3-1-4-10-25)26-11-5-2-6-12-26/h1-18,23,30H,19-22H2. The number of aromatic nitrogens is 1. The molecular formula is C31H28FN3O2. The third-order valence-corrected chi connectivity index (χ3v) is 6.67. The molecule has 4 aromatic rings. The molecule has 2 heterocycles. The normalized spacial score (nSPS) is 14.6. The minimum absolute atomic E-state index is 0.0885. The summed E-state index contributed by atoms with van der Waals surface area (Å²) in [6.07, 6.45) is 3.24. The molecule has 0 N–H and O–H groups in total. The number of hydrogen-bond donors (Lipinski definition) is 0. The van der Waals surface area contributed by atoms with E-state index in [4.69, 9.17) is 0 Å². The average molecular weight is 494 g/mol. The van der Waals surface area contributed by atoms with Crippen LogP contribution in [-0.4, -0.2) is 46.5 Å². The number of benzene rings is 3. The summed E-state index contributed by atoms with van der Waals surface area (Å²) in [5.74, 6) is -0.585. The Balaban J connectivity index is 1.40. The summed E-state index contributed by atoms with van der Waals surface area (Å²) >= 11 is 0. The van der Waals surface area contributed by atoms with Gasteiger partial charge in [0.15, 0.2) is 0 Å². The Labute approximate surface area is 215 Å². The van der Waals surface area contributed by atoms with E-state index in [1.807, 2.05) is 12.1 Å². The van der Waals surface area contributed by atoms with Gasteiger partial charge in [-0.15, -0.1) is 0 Å². The Morgan fingerprint density at radius 1 is 0.730 bits per heavy atom. The van der Waals surface area contributed by atoms with Gasteiger partial charge in [0.05, 0.1) is 6.04 Å². The maximum atomic E-state index is 13.7. The molecule has 0 atom stereocenters. The molecule has 37 heavy (non-hydrogen) atoms. The van der Waals surface area contributed by atoms with E-state index in [1.54, 1.807) is 41.4 Å². The van der Waals surface area contributed by atoms with Gasteiger partial charge in [0.1, 0.15) is 11.5 Å². The van der Waals surface area contributed by atoms with Crippen molar-refractivity contribution in [3.05, 3.63) is 142 Å². The molecule has 1 aromatic heterocycles. The Bertz CT molecular complexity index is 1390. The van der Waals surface area contributed by atoms with E-state index in [-0.39, 0.29) is 29.0 Å². The van der Waals surface area contributed by atoms with Crippen molar-refractivity contribution in [2.75, 3.05) is 26.2 Å². The Morgan fingerprint density at radius 3 is 1.86 bits per heavy atom. The van der Waals surface area contributed by atoms with Crippen LogP contribution in [0, 0.1) is 5.82 Å². The number of nitrogens with zero attached hydrogens (tertiary/aromatic N) is 3. The van der Waals surface area contributed by atoms with Gasteiger partial charge in [0.25, 0.3) is 11.5 Å². The van der Waals surface area contributed by atoms with Gasteiger partial charge in [-0.25, -0.2) is 4.39 Å². The largest absolute Gasteiger partial charge is 0.335 e. The number of carbonyl (C=O) groups is 1. The summed E-state index contributed by atoms with van der Waals surface area (Å²) in [5, 5.41) is 0. The highest BCUT2D eigenvalue weighted by molar-refractivity contribution is 6.18. The van der Waals surface area contributed by atoms with Gasteiger partial charge >= 0.3 is 0 Å². The number of pyridine rings is 1. The van der Waals surface area contributed by atoms with E-state index in [1.165, 1.54) is 33.9 Å². The maximum Gasteiger partial charge on any atom is 0.271 e. The lowest BCUT2D eigenvalue weighted by Gasteiger charge is -2.40. The molecule has 1 aliphatic heterocycles. The van der Waals surface area contributed by atoms with Gasteiger partial charge in [-0.2, -0.15) is 0 Å². The molecule has 1 aliphatic rings. The fraction of sp³-hybridized carbons (Fsp3) is 0.161. The molecular weight excluding hydrogens is 465 g/mol. The van der Waals surface area contributed by atoms with E-state index in [0.29, 0.717) is 31.7 Å². The minimum atomic E-state index is -0.357. The molecule has 6 heteroatoms. The molecule has 1 amide bonds. The number of amides is 1. The molecule has 1 fully saturated rings. The maximum absolute atomic E-state index is 13.7. The van der Waals surface area contributed by atoms with E-state index >= 15 is 0 Å². The number of carbonyl (C=O) groups excluding carboxylic acids is 1. The SMILES string of the molecule is O=C(C(=Cc1ccc(F)cc1)n1ccccc1=O)N1CCN(C(c2ccccc2)c2ccccc2)CC1. The van der Waals surface area contributed by atoms with Crippen molar-refractivity contribution < 1.29 is 9.18 Å². The van der Waals surface area contributed by atoms with Crippen LogP contribution < -0.4 is 5.56 Å². The first kappa shape index (κ1) is 24.4. The van der Waals surface area contributed by atoms with Crippen LogP contribution in [0.3, 0.4) is 0 Å². The van der Waals surface area contributed by atoms with Gasteiger partial charge in [-0.3, -0.25) is 19.1 Å². The first-order valence-electron chi connectivity index (χ1n) is 12.4. The molecule has 0 saturated carbocycles. The molecule has 1 saturated heterocycles. The molecule has 3 aromatic carbocycles. The van der Waals surface area contributed by atoms with E-state index in [0.717, 1.165) is 0 Å². The van der Waals surface area contributed by atoms with Gasteiger partial charge in [-0.1, -0.05) is 78.9 Å². The van der Waals surface area contributed by atoms with Crippen LogP contribution in [0.4, 0.5) is 4.39 Å². The van der Waals surface area contributed by atoms with Crippen molar-refractivity contribution in [2.24, 2.45) is 0 Å². The second kappa shape index (κ2) is 11.2. The van der Waals surface area contributed by atoms with Crippen LogP contribution >= 0.6 is 0 Å². The van der Waals surface area contributed by atoms with Crippen molar-refractivity contribution in [1.82, 2.24) is 14.4 Å². The summed E-state index contributed by atoms with van der Waals surface area (Å²) in [6, 6.07) is 31.5. The van der Waals surface area contributed by atoms with Crippen LogP contribution in [-0.2, 0) is 4.79 Å². The minimum Gasteiger partial charge on any atom is -0.335 e. The van der Waals surface area contributed by atoms with E-state index < -0.39 is 0 Å². The predicted octanol–water partition coefficient (Wildman–Crippen LogP) is 4.92. The van der Waals surface area contributed by atoms with Crippen LogP contribution in [0.5, 0.6) is 0 Å². The summed E-state index contributed by atoms with van der Waals surface area (Å²) in [6.45, 7) is 2.43. The quantitative estimate of drug-likeness (QED) is 0.358. The molecule has 186 valence electrons. The smallest absolute Gasteiger partial charge is 0.271 e. The molecule has 0 aliphatic carbocycles. The molecule has 0 unspecified atom stereocenters. The second-order valence-electron chi connectivity index (χ2n) is 9.04. The third kappa shape index (κ3) is 5.60. The molecule has 0 spiro atoms. The molecule has 0 bridgehead atoms. The molecule has 0 radical (unpaired) electrons. The van der Waals surface area contributed by atoms with Gasteiger partial charge in [-0.05, 0) is 41.0 Å². The zero-order valence-electron chi connectivity index (χ0n) is 20.4. The summed E-state index contributed by atoms with van der Waals surface area (Å²) in [4.78, 5) is 30.6. The van der Waals surface area contributed by atoms with Gasteiger partial charge < -0.3 is 4.90 Å². The lowest BCUT2D eigenvalue weighted by Crippen LogP contribution is -2.50. The predicted molar refractivity (Wildman–Crippen MR) is 144 cm³/mol. The zero-order chi connectivity index (χ0) is 25.6. The van der Waals surface area contributed by atoms with Crippen molar-refractivity contribution >= 4 is 17.7 Å².